The zero-order valence-electron chi connectivity index (χ0n) is 14.7. The van der Waals surface area contributed by atoms with Gasteiger partial charge in [-0.05, 0) is 49.3 Å². The third-order valence-electron chi connectivity index (χ3n) is 5.00. The Hall–Kier alpha value is -2.21. The highest BCUT2D eigenvalue weighted by atomic mass is 32.1. The minimum Gasteiger partial charge on any atom is -0.334 e. The predicted molar refractivity (Wildman–Crippen MR) is 99.1 cm³/mol. The zero-order valence-corrected chi connectivity index (χ0v) is 15.5. The van der Waals surface area contributed by atoms with E-state index >= 15 is 0 Å². The van der Waals surface area contributed by atoms with Gasteiger partial charge in [-0.3, -0.25) is 14.9 Å². The number of carbonyl (C=O) groups is 1. The van der Waals surface area contributed by atoms with Crippen LogP contribution >= 0.6 is 11.3 Å². The fourth-order valence-corrected chi connectivity index (χ4v) is 4.47. The monoisotopic (exact) mass is 358 g/mol. The van der Waals surface area contributed by atoms with E-state index < -0.39 is 4.92 Å². The summed E-state index contributed by atoms with van der Waals surface area (Å²) in [5.74, 6) is 0.651. The van der Waals surface area contributed by atoms with Crippen LogP contribution in [0.15, 0.2) is 30.3 Å². The van der Waals surface area contributed by atoms with Crippen LogP contribution in [0, 0.1) is 16.0 Å². The summed E-state index contributed by atoms with van der Waals surface area (Å²) in [6.45, 7) is 4.14. The van der Waals surface area contributed by atoms with E-state index in [0.717, 1.165) is 23.3 Å². The fraction of sp³-hybridized carbons (Fsp3) is 0.421. The molecule has 2 aromatic rings. The minimum absolute atomic E-state index is 0.0222. The van der Waals surface area contributed by atoms with Gasteiger partial charge in [0, 0.05) is 24.1 Å². The van der Waals surface area contributed by atoms with Crippen molar-refractivity contribution < 1.29 is 9.72 Å². The van der Waals surface area contributed by atoms with Crippen LogP contribution in [-0.4, -0.2) is 22.8 Å². The Balaban J connectivity index is 1.80. The van der Waals surface area contributed by atoms with E-state index in [-0.39, 0.29) is 17.6 Å². The molecule has 1 aromatic carbocycles. The molecule has 0 bridgehead atoms. The Morgan fingerprint density at radius 1 is 1.40 bits per heavy atom. The van der Waals surface area contributed by atoms with Gasteiger partial charge in [0.25, 0.3) is 11.6 Å². The third-order valence-corrected chi connectivity index (χ3v) is 6.23. The summed E-state index contributed by atoms with van der Waals surface area (Å²) in [5, 5.41) is 11.0. The van der Waals surface area contributed by atoms with E-state index in [0.29, 0.717) is 5.92 Å². The van der Waals surface area contributed by atoms with Crippen molar-refractivity contribution >= 4 is 22.9 Å². The third kappa shape index (κ3) is 3.58. The molecule has 1 amide bonds. The molecular formula is C19H22N2O3S. The first-order valence-corrected chi connectivity index (χ1v) is 9.31. The molecule has 0 fully saturated rings. The maximum Gasteiger partial charge on any atom is 0.269 e. The molecule has 2 atom stereocenters. The maximum atomic E-state index is 12.9. The number of amides is 1. The molecule has 0 saturated carbocycles. The topological polar surface area (TPSA) is 63.5 Å². The van der Waals surface area contributed by atoms with Gasteiger partial charge in [-0.15, -0.1) is 11.3 Å². The van der Waals surface area contributed by atoms with Crippen molar-refractivity contribution in [2.45, 2.75) is 39.2 Å². The number of fused-ring (bicyclic) bond motifs is 1. The highest BCUT2D eigenvalue weighted by molar-refractivity contribution is 7.14. The van der Waals surface area contributed by atoms with Crippen LogP contribution in [0.4, 0.5) is 5.69 Å². The van der Waals surface area contributed by atoms with Crippen molar-refractivity contribution in [3.05, 3.63) is 61.3 Å². The molecule has 5 nitrogen and oxygen atoms in total. The van der Waals surface area contributed by atoms with Gasteiger partial charge < -0.3 is 4.90 Å². The van der Waals surface area contributed by atoms with Crippen LogP contribution in [0.5, 0.6) is 0 Å². The van der Waals surface area contributed by atoms with Crippen molar-refractivity contribution in [2.24, 2.45) is 5.92 Å². The van der Waals surface area contributed by atoms with E-state index in [1.807, 2.05) is 19.1 Å². The summed E-state index contributed by atoms with van der Waals surface area (Å²) in [5.41, 5.74) is 2.12. The summed E-state index contributed by atoms with van der Waals surface area (Å²) in [6.07, 6.45) is 3.28. The van der Waals surface area contributed by atoms with E-state index in [4.69, 9.17) is 0 Å². The molecule has 3 rings (SSSR count). The number of nitro groups is 1. The number of aryl methyl sites for hydroxylation is 1. The van der Waals surface area contributed by atoms with Crippen molar-refractivity contribution in [3.8, 4) is 0 Å². The summed E-state index contributed by atoms with van der Waals surface area (Å²) >= 11 is 1.60. The van der Waals surface area contributed by atoms with Crippen molar-refractivity contribution in [3.63, 3.8) is 0 Å². The first-order valence-electron chi connectivity index (χ1n) is 8.50. The van der Waals surface area contributed by atoms with Crippen molar-refractivity contribution in [1.82, 2.24) is 4.90 Å². The number of hydrogen-bond acceptors (Lipinski definition) is 4. The number of nitro benzene ring substituents is 1. The molecule has 0 unspecified atom stereocenters. The van der Waals surface area contributed by atoms with Crippen LogP contribution in [0.3, 0.4) is 0 Å². The Morgan fingerprint density at radius 3 is 2.88 bits per heavy atom. The Morgan fingerprint density at radius 2 is 2.16 bits per heavy atom. The quantitative estimate of drug-likeness (QED) is 0.592. The Bertz CT molecular complexity index is 815. The largest absolute Gasteiger partial charge is 0.334 e. The van der Waals surface area contributed by atoms with Crippen molar-refractivity contribution in [2.75, 3.05) is 7.05 Å². The second-order valence-electron chi connectivity index (χ2n) is 6.85. The van der Waals surface area contributed by atoms with Crippen LogP contribution in [0.1, 0.15) is 52.0 Å². The Labute approximate surface area is 151 Å². The highest BCUT2D eigenvalue weighted by Gasteiger charge is 2.25. The zero-order chi connectivity index (χ0) is 18.1. The second kappa shape index (κ2) is 6.96. The number of hydrogen-bond donors (Lipinski definition) is 0. The molecule has 0 N–H and O–H groups in total. The smallest absolute Gasteiger partial charge is 0.269 e. The fourth-order valence-electron chi connectivity index (χ4n) is 3.28. The highest BCUT2D eigenvalue weighted by Crippen LogP contribution is 2.33. The number of benzene rings is 1. The van der Waals surface area contributed by atoms with E-state index in [9.17, 15) is 14.9 Å². The average molecular weight is 358 g/mol. The molecule has 0 aliphatic heterocycles. The Kier molecular flexibility index (Phi) is 4.90. The second-order valence-corrected chi connectivity index (χ2v) is 7.99. The van der Waals surface area contributed by atoms with Gasteiger partial charge >= 0.3 is 0 Å². The molecule has 132 valence electrons. The molecule has 1 aliphatic rings. The van der Waals surface area contributed by atoms with Crippen molar-refractivity contribution in [1.29, 1.82) is 0 Å². The lowest BCUT2D eigenvalue weighted by atomic mass is 9.90. The molecule has 0 radical (unpaired) electrons. The molecule has 25 heavy (non-hydrogen) atoms. The minimum atomic E-state index is -0.410. The lowest BCUT2D eigenvalue weighted by Gasteiger charge is -2.24. The first-order chi connectivity index (χ1) is 11.9. The first kappa shape index (κ1) is 17.6. The van der Waals surface area contributed by atoms with Gasteiger partial charge in [-0.2, -0.15) is 0 Å². The number of thiophene rings is 1. The molecule has 6 heteroatoms. The van der Waals surface area contributed by atoms with Gasteiger partial charge in [-0.1, -0.05) is 19.1 Å². The lowest BCUT2D eigenvalue weighted by molar-refractivity contribution is -0.384. The van der Waals surface area contributed by atoms with Gasteiger partial charge in [0.2, 0.25) is 0 Å². The van der Waals surface area contributed by atoms with E-state index in [1.165, 1.54) is 29.0 Å². The normalized spacial score (nSPS) is 17.6. The predicted octanol–water partition coefficient (Wildman–Crippen LogP) is 4.61. The van der Waals surface area contributed by atoms with Gasteiger partial charge in [0.15, 0.2) is 0 Å². The molecule has 1 heterocycles. The van der Waals surface area contributed by atoms with Gasteiger partial charge in [0.05, 0.1) is 15.8 Å². The van der Waals surface area contributed by atoms with Gasteiger partial charge in [0.1, 0.15) is 0 Å². The summed E-state index contributed by atoms with van der Waals surface area (Å²) in [4.78, 5) is 27.2. The van der Waals surface area contributed by atoms with Crippen LogP contribution in [0.2, 0.25) is 0 Å². The molecule has 0 spiro atoms. The number of carbonyl (C=O) groups excluding carboxylic acids is 1. The molecular weight excluding hydrogens is 336 g/mol. The van der Waals surface area contributed by atoms with E-state index in [1.54, 1.807) is 29.4 Å². The SMILES string of the molecule is C[C@H]1CCc2sc(C(=O)N(C)[C@H](C)c3cccc([N+](=O)[O-])c3)cc2C1. The molecule has 0 saturated heterocycles. The maximum absolute atomic E-state index is 12.9. The summed E-state index contributed by atoms with van der Waals surface area (Å²) in [6, 6.07) is 8.29. The van der Waals surface area contributed by atoms with Gasteiger partial charge in [-0.25, -0.2) is 0 Å². The molecule has 1 aromatic heterocycles. The van der Waals surface area contributed by atoms with E-state index in [2.05, 4.69) is 6.92 Å². The summed E-state index contributed by atoms with van der Waals surface area (Å²) in [7, 11) is 1.76. The summed E-state index contributed by atoms with van der Waals surface area (Å²) < 4.78 is 0. The number of rotatable bonds is 4. The lowest BCUT2D eigenvalue weighted by Crippen LogP contribution is -2.29. The standard InChI is InChI=1S/C19H22N2O3S/c1-12-7-8-17-15(9-12)11-18(25-17)19(22)20(3)13(2)14-5-4-6-16(10-14)21(23)24/h4-6,10-13H,7-9H2,1-3H3/t12-,13+/m0/s1. The molecule has 1 aliphatic carbocycles. The van der Waals surface area contributed by atoms with Crippen LogP contribution in [0.25, 0.3) is 0 Å². The number of non-ortho nitro benzene ring substituents is 1. The van der Waals surface area contributed by atoms with Crippen LogP contribution < -0.4 is 0 Å². The average Bonchev–Trinajstić information content (AvgIpc) is 3.02. The number of nitrogens with zero attached hydrogens (tertiary/aromatic N) is 2. The van der Waals surface area contributed by atoms with Crippen LogP contribution in [-0.2, 0) is 12.8 Å².